The van der Waals surface area contributed by atoms with E-state index < -0.39 is 0 Å². The molecule has 0 bridgehead atoms. The minimum Gasteiger partial charge on any atom is -0.374 e. The van der Waals surface area contributed by atoms with E-state index >= 15 is 0 Å². The van der Waals surface area contributed by atoms with E-state index in [1.807, 2.05) is 13.0 Å². The summed E-state index contributed by atoms with van der Waals surface area (Å²) in [6.45, 7) is 4.70. The van der Waals surface area contributed by atoms with Crippen molar-refractivity contribution in [3.05, 3.63) is 39.9 Å². The highest BCUT2D eigenvalue weighted by atomic mass is 16.6. The Morgan fingerprint density at radius 1 is 1.50 bits per heavy atom. The van der Waals surface area contributed by atoms with Gasteiger partial charge in [0.05, 0.1) is 11.0 Å². The van der Waals surface area contributed by atoms with Crippen molar-refractivity contribution in [1.29, 1.82) is 0 Å². The Bertz CT molecular complexity index is 352. The van der Waals surface area contributed by atoms with Gasteiger partial charge in [0, 0.05) is 18.7 Å². The maximum atomic E-state index is 10.6. The zero-order chi connectivity index (χ0) is 12.0. The van der Waals surface area contributed by atoms with Gasteiger partial charge in [-0.3, -0.25) is 10.1 Å². The predicted molar refractivity (Wildman–Crippen MR) is 62.4 cm³/mol. The van der Waals surface area contributed by atoms with E-state index in [2.05, 4.69) is 6.92 Å². The molecule has 0 N–H and O–H groups in total. The Labute approximate surface area is 95.4 Å². The van der Waals surface area contributed by atoms with E-state index in [0.29, 0.717) is 6.61 Å². The van der Waals surface area contributed by atoms with E-state index in [4.69, 9.17) is 4.74 Å². The summed E-state index contributed by atoms with van der Waals surface area (Å²) in [6, 6.07) is 6.59. The molecule has 0 radical (unpaired) electrons. The first-order valence-corrected chi connectivity index (χ1v) is 5.51. The summed E-state index contributed by atoms with van der Waals surface area (Å²) < 4.78 is 5.58. The molecule has 0 amide bonds. The second-order valence-corrected chi connectivity index (χ2v) is 3.72. The van der Waals surface area contributed by atoms with Gasteiger partial charge in [0.2, 0.25) is 0 Å². The van der Waals surface area contributed by atoms with Crippen molar-refractivity contribution in [2.75, 3.05) is 6.61 Å². The fourth-order valence-electron chi connectivity index (χ4n) is 1.39. The average Bonchev–Trinajstić information content (AvgIpc) is 2.29. The molecule has 1 unspecified atom stereocenters. The van der Waals surface area contributed by atoms with Crippen LogP contribution in [0.15, 0.2) is 24.3 Å². The fraction of sp³-hybridized carbons (Fsp3) is 0.500. The second-order valence-electron chi connectivity index (χ2n) is 3.72. The van der Waals surface area contributed by atoms with Crippen molar-refractivity contribution in [3.8, 4) is 0 Å². The summed E-state index contributed by atoms with van der Waals surface area (Å²) in [5, 5.41) is 10.6. The number of ether oxygens (including phenoxy) is 1. The lowest BCUT2D eigenvalue weighted by Gasteiger charge is -2.12. The number of rotatable bonds is 6. The van der Waals surface area contributed by atoms with Crippen molar-refractivity contribution in [2.24, 2.45) is 0 Å². The summed E-state index contributed by atoms with van der Waals surface area (Å²) in [4.78, 5) is 10.2. The number of non-ortho nitro benzene ring substituents is 1. The molecule has 0 aromatic heterocycles. The van der Waals surface area contributed by atoms with Crippen LogP contribution in [0, 0.1) is 10.1 Å². The van der Waals surface area contributed by atoms with Gasteiger partial charge in [-0.05, 0) is 18.9 Å². The summed E-state index contributed by atoms with van der Waals surface area (Å²) in [7, 11) is 0. The Balaban J connectivity index is 2.64. The van der Waals surface area contributed by atoms with E-state index in [0.717, 1.165) is 18.4 Å². The summed E-state index contributed by atoms with van der Waals surface area (Å²) in [5.74, 6) is 0. The number of benzene rings is 1. The van der Waals surface area contributed by atoms with Crippen molar-refractivity contribution >= 4 is 5.69 Å². The molecule has 0 aliphatic heterocycles. The number of unbranched alkanes of at least 4 members (excludes halogenated alkanes) is 1. The van der Waals surface area contributed by atoms with Crippen molar-refractivity contribution < 1.29 is 9.66 Å². The van der Waals surface area contributed by atoms with E-state index in [9.17, 15) is 10.1 Å². The van der Waals surface area contributed by atoms with Crippen LogP contribution in [0.25, 0.3) is 0 Å². The largest absolute Gasteiger partial charge is 0.374 e. The molecule has 4 nitrogen and oxygen atoms in total. The standard InChI is InChI=1S/C12H17NO3/c1-3-4-8-16-10(2)11-6-5-7-12(9-11)13(14)15/h5-7,9-10H,3-4,8H2,1-2H3. The first-order valence-electron chi connectivity index (χ1n) is 5.51. The van der Waals surface area contributed by atoms with Crippen LogP contribution >= 0.6 is 0 Å². The third-order valence-corrected chi connectivity index (χ3v) is 2.42. The predicted octanol–water partition coefficient (Wildman–Crippen LogP) is 3.47. The molecule has 0 aliphatic carbocycles. The number of hydrogen-bond acceptors (Lipinski definition) is 3. The van der Waals surface area contributed by atoms with Gasteiger partial charge in [-0.1, -0.05) is 25.5 Å². The minimum atomic E-state index is -0.387. The van der Waals surface area contributed by atoms with Crippen LogP contribution in [0.4, 0.5) is 5.69 Å². The van der Waals surface area contributed by atoms with Gasteiger partial charge in [-0.2, -0.15) is 0 Å². The van der Waals surface area contributed by atoms with E-state index in [-0.39, 0.29) is 16.7 Å². The van der Waals surface area contributed by atoms with E-state index in [1.165, 1.54) is 6.07 Å². The lowest BCUT2D eigenvalue weighted by Crippen LogP contribution is -2.02. The monoisotopic (exact) mass is 223 g/mol. The number of nitrogens with zero attached hydrogens (tertiary/aromatic N) is 1. The molecule has 0 heterocycles. The van der Waals surface area contributed by atoms with Gasteiger partial charge in [-0.25, -0.2) is 0 Å². The maximum Gasteiger partial charge on any atom is 0.269 e. The number of hydrogen-bond donors (Lipinski definition) is 0. The van der Waals surface area contributed by atoms with Crippen LogP contribution in [-0.4, -0.2) is 11.5 Å². The zero-order valence-electron chi connectivity index (χ0n) is 9.68. The summed E-state index contributed by atoms with van der Waals surface area (Å²) in [6.07, 6.45) is 2.01. The number of nitro groups is 1. The highest BCUT2D eigenvalue weighted by Gasteiger charge is 2.10. The second kappa shape index (κ2) is 6.23. The summed E-state index contributed by atoms with van der Waals surface area (Å²) in [5.41, 5.74) is 0.966. The molecule has 0 spiro atoms. The zero-order valence-corrected chi connectivity index (χ0v) is 9.68. The molecular formula is C12H17NO3. The normalized spacial score (nSPS) is 12.4. The van der Waals surface area contributed by atoms with Gasteiger partial charge in [0.1, 0.15) is 0 Å². The molecule has 16 heavy (non-hydrogen) atoms. The molecule has 1 aromatic rings. The topological polar surface area (TPSA) is 52.4 Å². The molecular weight excluding hydrogens is 206 g/mol. The highest BCUT2D eigenvalue weighted by molar-refractivity contribution is 5.35. The van der Waals surface area contributed by atoms with Crippen LogP contribution in [0.3, 0.4) is 0 Å². The lowest BCUT2D eigenvalue weighted by molar-refractivity contribution is -0.385. The van der Waals surface area contributed by atoms with Crippen LogP contribution in [0.5, 0.6) is 0 Å². The maximum absolute atomic E-state index is 10.6. The van der Waals surface area contributed by atoms with Crippen LogP contribution < -0.4 is 0 Å². The average molecular weight is 223 g/mol. The van der Waals surface area contributed by atoms with Gasteiger partial charge >= 0.3 is 0 Å². The quantitative estimate of drug-likeness (QED) is 0.421. The van der Waals surface area contributed by atoms with Crippen molar-refractivity contribution in [2.45, 2.75) is 32.8 Å². The van der Waals surface area contributed by atoms with Crippen LogP contribution in [0.2, 0.25) is 0 Å². The van der Waals surface area contributed by atoms with Gasteiger partial charge in [0.25, 0.3) is 5.69 Å². The Morgan fingerprint density at radius 2 is 2.25 bits per heavy atom. The molecule has 88 valence electrons. The number of nitro benzene ring substituents is 1. The first kappa shape index (κ1) is 12.6. The highest BCUT2D eigenvalue weighted by Crippen LogP contribution is 2.21. The molecule has 1 aromatic carbocycles. The molecule has 0 saturated heterocycles. The Hall–Kier alpha value is -1.42. The molecule has 0 saturated carbocycles. The van der Waals surface area contributed by atoms with Gasteiger partial charge < -0.3 is 4.74 Å². The van der Waals surface area contributed by atoms with Gasteiger partial charge in [-0.15, -0.1) is 0 Å². The lowest BCUT2D eigenvalue weighted by atomic mass is 10.1. The summed E-state index contributed by atoms with van der Waals surface area (Å²) >= 11 is 0. The van der Waals surface area contributed by atoms with Crippen molar-refractivity contribution in [1.82, 2.24) is 0 Å². The molecule has 4 heteroatoms. The Morgan fingerprint density at radius 3 is 2.88 bits per heavy atom. The van der Waals surface area contributed by atoms with Crippen LogP contribution in [0.1, 0.15) is 38.4 Å². The van der Waals surface area contributed by atoms with E-state index in [1.54, 1.807) is 12.1 Å². The van der Waals surface area contributed by atoms with Gasteiger partial charge in [0.15, 0.2) is 0 Å². The molecule has 1 atom stereocenters. The third-order valence-electron chi connectivity index (χ3n) is 2.42. The molecule has 0 fully saturated rings. The SMILES string of the molecule is CCCCOC(C)c1cccc([N+](=O)[O-])c1. The minimum absolute atomic E-state index is 0.0913. The molecule has 1 rings (SSSR count). The smallest absolute Gasteiger partial charge is 0.269 e. The Kier molecular flexibility index (Phi) is 4.92. The third kappa shape index (κ3) is 3.62. The van der Waals surface area contributed by atoms with Crippen LogP contribution in [-0.2, 0) is 4.74 Å². The molecule has 0 aliphatic rings. The van der Waals surface area contributed by atoms with Crippen molar-refractivity contribution in [3.63, 3.8) is 0 Å². The fourth-order valence-corrected chi connectivity index (χ4v) is 1.39. The first-order chi connectivity index (χ1) is 7.65.